The van der Waals surface area contributed by atoms with E-state index >= 15 is 0 Å². The Bertz CT molecular complexity index is 547. The van der Waals surface area contributed by atoms with E-state index in [4.69, 9.17) is 9.47 Å². The Hall–Kier alpha value is -2.11. The fourth-order valence-corrected chi connectivity index (χ4v) is 2.85. The molecule has 1 saturated heterocycles. The predicted octanol–water partition coefficient (Wildman–Crippen LogP) is 2.43. The first-order chi connectivity index (χ1) is 11.2. The Morgan fingerprint density at radius 2 is 2.13 bits per heavy atom. The number of esters is 1. The Morgan fingerprint density at radius 1 is 1.30 bits per heavy atom. The van der Waals surface area contributed by atoms with Crippen molar-refractivity contribution in [2.24, 2.45) is 0 Å². The van der Waals surface area contributed by atoms with Crippen molar-refractivity contribution in [3.8, 4) is 5.88 Å². The molecule has 0 aliphatic carbocycles. The summed E-state index contributed by atoms with van der Waals surface area (Å²) in [6.07, 6.45) is 4.61. The average Bonchev–Trinajstić information content (AvgIpc) is 2.56. The third-order valence-electron chi connectivity index (χ3n) is 3.88. The smallest absolute Gasteiger partial charge is 0.307 e. The molecule has 0 N–H and O–H groups in total. The number of carbonyl (C=O) groups excluding carboxylic acids is 2. The number of nitrogens with zero attached hydrogens (tertiary/aromatic N) is 2. The first-order valence-corrected chi connectivity index (χ1v) is 8.21. The predicted molar refractivity (Wildman–Crippen MR) is 85.3 cm³/mol. The van der Waals surface area contributed by atoms with E-state index in [1.165, 1.54) is 0 Å². The molecule has 0 radical (unpaired) electrons. The number of aromatic nitrogens is 1. The molecule has 1 atom stereocenters. The highest BCUT2D eigenvalue weighted by atomic mass is 16.5. The number of likely N-dealkylation sites (tertiary alicyclic amines) is 1. The minimum atomic E-state index is -0.256. The van der Waals surface area contributed by atoms with E-state index in [-0.39, 0.29) is 24.3 Å². The molecule has 1 aliphatic heterocycles. The number of amides is 1. The van der Waals surface area contributed by atoms with Crippen molar-refractivity contribution in [3.63, 3.8) is 0 Å². The van der Waals surface area contributed by atoms with Crippen LogP contribution in [0.15, 0.2) is 18.3 Å². The number of carbonyl (C=O) groups is 2. The second-order valence-corrected chi connectivity index (χ2v) is 5.45. The van der Waals surface area contributed by atoms with Crippen LogP contribution in [0.3, 0.4) is 0 Å². The summed E-state index contributed by atoms with van der Waals surface area (Å²) in [5.41, 5.74) is 0.449. The maximum absolute atomic E-state index is 12.9. The summed E-state index contributed by atoms with van der Waals surface area (Å²) < 4.78 is 10.5. The van der Waals surface area contributed by atoms with Gasteiger partial charge in [-0.05, 0) is 45.2 Å². The van der Waals surface area contributed by atoms with Crippen LogP contribution in [0, 0.1) is 0 Å². The van der Waals surface area contributed by atoms with Crippen LogP contribution in [0.1, 0.15) is 49.9 Å². The highest BCUT2D eigenvalue weighted by Crippen LogP contribution is 2.25. The molecule has 23 heavy (non-hydrogen) atoms. The summed E-state index contributed by atoms with van der Waals surface area (Å²) in [7, 11) is 0. The molecule has 0 spiro atoms. The van der Waals surface area contributed by atoms with Crippen LogP contribution in [-0.2, 0) is 9.53 Å². The van der Waals surface area contributed by atoms with Gasteiger partial charge in [-0.15, -0.1) is 0 Å². The summed E-state index contributed by atoms with van der Waals surface area (Å²) in [5.74, 6) is -0.0376. The zero-order valence-electron chi connectivity index (χ0n) is 13.8. The second-order valence-electron chi connectivity index (χ2n) is 5.45. The van der Waals surface area contributed by atoms with Gasteiger partial charge in [0.2, 0.25) is 5.88 Å². The van der Waals surface area contributed by atoms with Crippen molar-refractivity contribution < 1.29 is 19.1 Å². The Kier molecular flexibility index (Phi) is 6.38. The number of ether oxygens (including phenoxy) is 2. The van der Waals surface area contributed by atoms with Crippen LogP contribution in [0.5, 0.6) is 5.88 Å². The Balaban J connectivity index is 2.16. The minimum Gasteiger partial charge on any atom is -0.477 e. The molecule has 2 rings (SSSR count). The van der Waals surface area contributed by atoms with Gasteiger partial charge in [-0.25, -0.2) is 4.98 Å². The maximum atomic E-state index is 12.9. The minimum absolute atomic E-state index is 0.120. The van der Waals surface area contributed by atoms with E-state index in [2.05, 4.69) is 4.98 Å². The normalized spacial score (nSPS) is 17.7. The summed E-state index contributed by atoms with van der Waals surface area (Å²) in [6, 6.07) is 3.32. The lowest BCUT2D eigenvalue weighted by Crippen LogP contribution is -2.45. The first-order valence-electron chi connectivity index (χ1n) is 8.21. The molecule has 0 bridgehead atoms. The van der Waals surface area contributed by atoms with E-state index in [1.807, 2.05) is 6.92 Å². The molecule has 1 amide bonds. The highest BCUT2D eigenvalue weighted by molar-refractivity contribution is 5.96. The van der Waals surface area contributed by atoms with Crippen molar-refractivity contribution >= 4 is 11.9 Å². The number of piperidine rings is 1. The first kappa shape index (κ1) is 17.2. The molecule has 6 nitrogen and oxygen atoms in total. The molecular weight excluding hydrogens is 296 g/mol. The van der Waals surface area contributed by atoms with Gasteiger partial charge in [0.05, 0.1) is 19.6 Å². The molecule has 126 valence electrons. The van der Waals surface area contributed by atoms with Gasteiger partial charge in [-0.2, -0.15) is 0 Å². The number of rotatable bonds is 6. The highest BCUT2D eigenvalue weighted by Gasteiger charge is 2.31. The van der Waals surface area contributed by atoms with Crippen LogP contribution in [0.25, 0.3) is 0 Å². The summed E-state index contributed by atoms with van der Waals surface area (Å²) in [6.45, 7) is 5.09. The quantitative estimate of drug-likeness (QED) is 0.753. The second kappa shape index (κ2) is 8.50. The van der Waals surface area contributed by atoms with Crippen LogP contribution < -0.4 is 4.74 Å². The zero-order valence-corrected chi connectivity index (χ0v) is 13.8. The lowest BCUT2D eigenvalue weighted by molar-refractivity contribution is -0.144. The van der Waals surface area contributed by atoms with Gasteiger partial charge in [0, 0.05) is 18.8 Å². The van der Waals surface area contributed by atoms with Gasteiger partial charge in [-0.3, -0.25) is 9.59 Å². The van der Waals surface area contributed by atoms with Crippen molar-refractivity contribution in [1.29, 1.82) is 0 Å². The lowest BCUT2D eigenvalue weighted by atomic mass is 9.98. The molecule has 2 heterocycles. The molecule has 1 aliphatic rings. The number of hydrogen-bond acceptors (Lipinski definition) is 5. The molecule has 1 aromatic rings. The molecule has 1 aromatic heterocycles. The topological polar surface area (TPSA) is 68.7 Å². The van der Waals surface area contributed by atoms with E-state index in [0.29, 0.717) is 31.2 Å². The molecule has 1 fully saturated rings. The average molecular weight is 320 g/mol. The van der Waals surface area contributed by atoms with Crippen LogP contribution in [-0.4, -0.2) is 47.6 Å². The molecule has 6 heteroatoms. The largest absolute Gasteiger partial charge is 0.477 e. The van der Waals surface area contributed by atoms with Gasteiger partial charge in [-0.1, -0.05) is 0 Å². The van der Waals surface area contributed by atoms with E-state index in [0.717, 1.165) is 19.3 Å². The van der Waals surface area contributed by atoms with Crippen molar-refractivity contribution in [3.05, 3.63) is 23.9 Å². The summed E-state index contributed by atoms with van der Waals surface area (Å²) in [5, 5.41) is 0. The van der Waals surface area contributed by atoms with Gasteiger partial charge >= 0.3 is 5.97 Å². The fraction of sp³-hybridized carbons (Fsp3) is 0.588. The van der Waals surface area contributed by atoms with Crippen LogP contribution >= 0.6 is 0 Å². The van der Waals surface area contributed by atoms with Crippen LogP contribution in [0.2, 0.25) is 0 Å². The van der Waals surface area contributed by atoms with Crippen LogP contribution in [0.4, 0.5) is 0 Å². The van der Waals surface area contributed by atoms with Gasteiger partial charge in [0.15, 0.2) is 0 Å². The van der Waals surface area contributed by atoms with Crippen molar-refractivity contribution in [1.82, 2.24) is 9.88 Å². The fourth-order valence-electron chi connectivity index (χ4n) is 2.85. The van der Waals surface area contributed by atoms with Crippen molar-refractivity contribution in [2.75, 3.05) is 19.8 Å². The Morgan fingerprint density at radius 3 is 2.87 bits per heavy atom. The van der Waals surface area contributed by atoms with Gasteiger partial charge < -0.3 is 14.4 Å². The molecule has 0 aromatic carbocycles. The van der Waals surface area contributed by atoms with Crippen molar-refractivity contribution in [2.45, 2.75) is 45.6 Å². The number of hydrogen-bond donors (Lipinski definition) is 0. The van der Waals surface area contributed by atoms with E-state index in [1.54, 1.807) is 30.2 Å². The molecule has 0 saturated carbocycles. The third kappa shape index (κ3) is 4.43. The zero-order chi connectivity index (χ0) is 16.7. The van der Waals surface area contributed by atoms with Gasteiger partial charge in [0.25, 0.3) is 5.91 Å². The van der Waals surface area contributed by atoms with Gasteiger partial charge in [0.1, 0.15) is 5.56 Å². The number of pyridine rings is 1. The van der Waals surface area contributed by atoms with E-state index < -0.39 is 0 Å². The standard InChI is InChI=1S/C17H24N2O4/c1-3-22-15(20)12-13-8-5-6-11-19(13)17(21)14-9-7-10-18-16(14)23-4-2/h7,9-10,13H,3-6,8,11-12H2,1-2H3. The monoisotopic (exact) mass is 320 g/mol. The third-order valence-corrected chi connectivity index (χ3v) is 3.88. The maximum Gasteiger partial charge on any atom is 0.307 e. The summed E-state index contributed by atoms with van der Waals surface area (Å²) in [4.78, 5) is 30.6. The SMILES string of the molecule is CCOC(=O)CC1CCCCN1C(=O)c1cccnc1OCC. The van der Waals surface area contributed by atoms with E-state index in [9.17, 15) is 9.59 Å². The molecular formula is C17H24N2O4. The lowest BCUT2D eigenvalue weighted by Gasteiger charge is -2.35. The Labute approximate surface area is 136 Å². The molecule has 1 unspecified atom stereocenters. The summed E-state index contributed by atoms with van der Waals surface area (Å²) >= 11 is 0.